The first-order valence-electron chi connectivity index (χ1n) is 6.82. The first kappa shape index (κ1) is 15.0. The fourth-order valence-electron chi connectivity index (χ4n) is 2.55. The highest BCUT2D eigenvalue weighted by Gasteiger charge is 2.10. The first-order chi connectivity index (χ1) is 10.7. The van der Waals surface area contributed by atoms with Crippen LogP contribution < -0.4 is 0 Å². The summed E-state index contributed by atoms with van der Waals surface area (Å²) in [7, 11) is -2.41. The van der Waals surface area contributed by atoms with Gasteiger partial charge in [-0.1, -0.05) is 48.5 Å². The highest BCUT2D eigenvalue weighted by Crippen LogP contribution is 2.31. The largest absolute Gasteiger partial charge is 0.259 e. The van der Waals surface area contributed by atoms with Crippen LogP contribution in [0.5, 0.6) is 0 Å². The van der Waals surface area contributed by atoms with E-state index in [2.05, 4.69) is 4.98 Å². The number of rotatable bonds is 4. The molecule has 0 unspecified atom stereocenters. The van der Waals surface area contributed by atoms with Gasteiger partial charge in [-0.05, 0) is 16.5 Å². The van der Waals surface area contributed by atoms with Crippen molar-refractivity contribution < 1.29 is 8.42 Å². The van der Waals surface area contributed by atoms with Crippen molar-refractivity contribution >= 4 is 33.1 Å². The highest BCUT2D eigenvalue weighted by molar-refractivity contribution is 7.71. The van der Waals surface area contributed by atoms with Crippen molar-refractivity contribution in [2.75, 3.05) is 0 Å². The Bertz CT molecular complexity index is 881. The summed E-state index contributed by atoms with van der Waals surface area (Å²) in [6.07, 6.45) is 1.83. The number of thiol groups is 1. The maximum Gasteiger partial charge on any atom is 0.144 e. The molecule has 3 nitrogen and oxygen atoms in total. The molecule has 1 aromatic heterocycles. The fourth-order valence-corrected chi connectivity index (χ4v) is 3.27. The summed E-state index contributed by atoms with van der Waals surface area (Å²) in [4.78, 5) is 4.44. The van der Waals surface area contributed by atoms with Crippen molar-refractivity contribution in [2.24, 2.45) is 0 Å². The van der Waals surface area contributed by atoms with Crippen LogP contribution in [0, 0.1) is 0 Å². The molecule has 1 heterocycles. The van der Waals surface area contributed by atoms with Crippen LogP contribution in [-0.4, -0.2) is 13.4 Å². The molecule has 0 aliphatic rings. The number of alkyl halides is 1. The van der Waals surface area contributed by atoms with Gasteiger partial charge in [0.15, 0.2) is 0 Å². The highest BCUT2D eigenvalue weighted by atomic mass is 35.5. The predicted octanol–water partition coefficient (Wildman–Crippen LogP) is 3.75. The Morgan fingerprint density at radius 1 is 1.00 bits per heavy atom. The van der Waals surface area contributed by atoms with Crippen LogP contribution in [0.1, 0.15) is 11.3 Å². The molecule has 2 aromatic carbocycles. The van der Waals surface area contributed by atoms with E-state index in [-0.39, 0.29) is 5.75 Å². The van der Waals surface area contributed by atoms with Gasteiger partial charge in [0.1, 0.15) is 10.7 Å². The predicted molar refractivity (Wildman–Crippen MR) is 90.8 cm³/mol. The van der Waals surface area contributed by atoms with Crippen LogP contribution in [0.4, 0.5) is 0 Å². The molecule has 0 fully saturated rings. The molecule has 22 heavy (non-hydrogen) atoms. The molecule has 3 aromatic rings. The summed E-state index contributed by atoms with van der Waals surface area (Å²) >= 11 is 6.04. The lowest BCUT2D eigenvalue weighted by Crippen LogP contribution is -1.94. The summed E-state index contributed by atoms with van der Waals surface area (Å²) in [6.45, 7) is 0. The number of hydrogen-bond acceptors (Lipinski definition) is 3. The number of halogens is 1. The van der Waals surface area contributed by atoms with E-state index >= 15 is 0 Å². The quantitative estimate of drug-likeness (QED) is 0.585. The van der Waals surface area contributed by atoms with E-state index < -0.39 is 10.7 Å². The third-order valence-electron chi connectivity index (χ3n) is 3.56. The molecule has 0 aliphatic heterocycles. The van der Waals surface area contributed by atoms with Gasteiger partial charge in [0, 0.05) is 17.1 Å². The van der Waals surface area contributed by atoms with Gasteiger partial charge in [-0.3, -0.25) is 4.98 Å². The Hall–Kier alpha value is -1.91. The minimum Gasteiger partial charge on any atom is -0.259 e. The first-order valence-corrected chi connectivity index (χ1v) is 8.72. The molecule has 5 heteroatoms. The monoisotopic (exact) mass is 331 g/mol. The van der Waals surface area contributed by atoms with E-state index in [4.69, 9.17) is 11.6 Å². The number of nitrogens with zero attached hydrogens (tertiary/aromatic N) is 1. The van der Waals surface area contributed by atoms with Crippen molar-refractivity contribution in [1.82, 2.24) is 4.98 Å². The Kier molecular flexibility index (Phi) is 4.41. The number of aromatic nitrogens is 1. The maximum atomic E-state index is 10.8. The van der Waals surface area contributed by atoms with Gasteiger partial charge >= 0.3 is 0 Å². The average molecular weight is 332 g/mol. The summed E-state index contributed by atoms with van der Waals surface area (Å²) in [5, 5.41) is 2.15. The molecule has 0 radical (unpaired) electrons. The van der Waals surface area contributed by atoms with Gasteiger partial charge in [0.05, 0.1) is 17.3 Å². The molecule has 0 bridgehead atoms. The zero-order valence-corrected chi connectivity index (χ0v) is 13.3. The average Bonchev–Trinajstić information content (AvgIpc) is 2.54. The SMILES string of the molecule is O=[SH](=O)Cc1ccc(-c2c(CCl)ncc3ccccc23)cc1. The lowest BCUT2D eigenvalue weighted by Gasteiger charge is -2.11. The second-order valence-electron chi connectivity index (χ2n) is 4.99. The van der Waals surface area contributed by atoms with Gasteiger partial charge in [-0.15, -0.1) is 11.6 Å². The molecule has 0 spiro atoms. The maximum absolute atomic E-state index is 10.8. The minimum absolute atomic E-state index is 0.0613. The van der Waals surface area contributed by atoms with E-state index in [0.29, 0.717) is 5.88 Å². The van der Waals surface area contributed by atoms with Gasteiger partial charge in [0.2, 0.25) is 0 Å². The smallest absolute Gasteiger partial charge is 0.144 e. The van der Waals surface area contributed by atoms with Gasteiger partial charge < -0.3 is 0 Å². The molecule has 0 aliphatic carbocycles. The summed E-state index contributed by atoms with van der Waals surface area (Å²) in [5.41, 5.74) is 3.60. The van der Waals surface area contributed by atoms with Crippen molar-refractivity contribution in [3.8, 4) is 11.1 Å². The van der Waals surface area contributed by atoms with Crippen LogP contribution in [0.25, 0.3) is 21.9 Å². The van der Waals surface area contributed by atoms with Gasteiger partial charge in [-0.25, -0.2) is 8.42 Å². The molecule has 0 N–H and O–H groups in total. The molecule has 0 saturated carbocycles. The Labute approximate surface area is 135 Å². The number of fused-ring (bicyclic) bond motifs is 1. The van der Waals surface area contributed by atoms with Crippen LogP contribution in [0.15, 0.2) is 54.7 Å². The summed E-state index contributed by atoms with van der Waals surface area (Å²) in [5.74, 6) is 0.389. The number of hydrogen-bond donors (Lipinski definition) is 1. The Morgan fingerprint density at radius 3 is 2.41 bits per heavy atom. The van der Waals surface area contributed by atoms with E-state index in [0.717, 1.165) is 33.2 Å². The van der Waals surface area contributed by atoms with Crippen molar-refractivity contribution in [3.05, 3.63) is 66.0 Å². The van der Waals surface area contributed by atoms with Gasteiger partial charge in [-0.2, -0.15) is 0 Å². The molecular formula is C17H14ClNO2S. The molecule has 0 amide bonds. The van der Waals surface area contributed by atoms with Gasteiger partial charge in [0.25, 0.3) is 0 Å². The minimum atomic E-state index is -2.41. The second kappa shape index (κ2) is 6.46. The van der Waals surface area contributed by atoms with Crippen LogP contribution >= 0.6 is 11.6 Å². The summed E-state index contributed by atoms with van der Waals surface area (Å²) < 4.78 is 21.6. The number of benzene rings is 2. The Morgan fingerprint density at radius 2 is 1.73 bits per heavy atom. The van der Waals surface area contributed by atoms with E-state index in [9.17, 15) is 8.42 Å². The molecule has 3 rings (SSSR count). The molecule has 0 saturated heterocycles. The zero-order chi connectivity index (χ0) is 15.5. The lowest BCUT2D eigenvalue weighted by molar-refractivity contribution is 0.614. The van der Waals surface area contributed by atoms with Crippen molar-refractivity contribution in [3.63, 3.8) is 0 Å². The lowest BCUT2D eigenvalue weighted by atomic mass is 9.97. The fraction of sp³-hybridized carbons (Fsp3) is 0.118. The summed E-state index contributed by atoms with van der Waals surface area (Å²) in [6, 6.07) is 15.5. The third kappa shape index (κ3) is 2.98. The van der Waals surface area contributed by atoms with E-state index in [1.54, 1.807) is 0 Å². The topological polar surface area (TPSA) is 47.0 Å². The van der Waals surface area contributed by atoms with Crippen LogP contribution in [-0.2, 0) is 22.3 Å². The normalized spacial score (nSPS) is 11.2. The number of pyridine rings is 1. The van der Waals surface area contributed by atoms with E-state index in [1.165, 1.54) is 0 Å². The zero-order valence-electron chi connectivity index (χ0n) is 11.7. The molecular weight excluding hydrogens is 318 g/mol. The Balaban J connectivity index is 2.16. The van der Waals surface area contributed by atoms with Crippen LogP contribution in [0.2, 0.25) is 0 Å². The van der Waals surface area contributed by atoms with Crippen molar-refractivity contribution in [2.45, 2.75) is 11.6 Å². The molecule has 0 atom stereocenters. The third-order valence-corrected chi connectivity index (χ3v) is 4.44. The second-order valence-corrected chi connectivity index (χ2v) is 6.24. The standard InChI is InChI=1S/C17H14ClNO2S/c18-9-16-17(15-4-2-1-3-14(15)10-19-16)13-7-5-12(6-8-13)11-22(20)21/h1-8,10,22H,9,11H2. The van der Waals surface area contributed by atoms with Crippen LogP contribution in [0.3, 0.4) is 0 Å². The molecule has 112 valence electrons. The van der Waals surface area contributed by atoms with E-state index in [1.807, 2.05) is 54.7 Å². The van der Waals surface area contributed by atoms with Crippen molar-refractivity contribution in [1.29, 1.82) is 0 Å².